The van der Waals surface area contributed by atoms with Crippen LogP contribution >= 0.6 is 27.7 Å². The second-order valence-electron chi connectivity index (χ2n) is 8.65. The van der Waals surface area contributed by atoms with Gasteiger partial charge in [-0.25, -0.2) is 13.5 Å². The van der Waals surface area contributed by atoms with Crippen LogP contribution in [0.3, 0.4) is 0 Å². The number of pyridine rings is 1. The van der Waals surface area contributed by atoms with E-state index < -0.39 is 59.3 Å². The van der Waals surface area contributed by atoms with E-state index in [-0.39, 0.29) is 17.9 Å². The molecule has 2 aromatic heterocycles. The number of halogens is 3. The third-order valence-electron chi connectivity index (χ3n) is 5.63. The maximum absolute atomic E-state index is 13.9. The molecule has 0 radical (unpaired) electrons. The summed E-state index contributed by atoms with van der Waals surface area (Å²) in [5, 5.41) is 8.22. The van der Waals surface area contributed by atoms with E-state index in [9.17, 15) is 23.2 Å². The molecule has 1 aliphatic heterocycles. The van der Waals surface area contributed by atoms with Gasteiger partial charge in [-0.3, -0.25) is 19.4 Å². The van der Waals surface area contributed by atoms with Crippen molar-refractivity contribution in [3.05, 3.63) is 59.0 Å². The average Bonchev–Trinajstić information content (AvgIpc) is 3.35. The molecule has 0 amide bonds. The van der Waals surface area contributed by atoms with Crippen LogP contribution in [-0.2, 0) is 33.3 Å². The molecule has 212 valence electrons. The normalized spacial score (nSPS) is 22.4. The van der Waals surface area contributed by atoms with Gasteiger partial charge in [0, 0.05) is 48.1 Å². The molecule has 5 atom stereocenters. The lowest BCUT2D eigenvalue weighted by Gasteiger charge is -2.44. The molecular formula is C25H23BrF2N4O7S. The SMILES string of the molecule is CC(=O)OCC1O[C@H](Sc2cncc(Br)c2)[C@@H](OC(C)=O)C(n2cc(-c3ccc(F)c(F)c3)nn2)[C@H]1OC(C)=O. The summed E-state index contributed by atoms with van der Waals surface area (Å²) in [4.78, 5) is 40.9. The lowest BCUT2D eigenvalue weighted by atomic mass is 9.96. The summed E-state index contributed by atoms with van der Waals surface area (Å²) in [6.45, 7) is 3.31. The Morgan fingerprint density at radius 3 is 2.40 bits per heavy atom. The van der Waals surface area contributed by atoms with Crippen LogP contribution < -0.4 is 0 Å². The molecule has 11 nitrogen and oxygen atoms in total. The van der Waals surface area contributed by atoms with E-state index in [4.69, 9.17) is 18.9 Å². The highest BCUT2D eigenvalue weighted by Gasteiger charge is 2.52. The molecule has 4 rings (SSSR count). The monoisotopic (exact) mass is 640 g/mol. The fourth-order valence-electron chi connectivity index (χ4n) is 4.08. The van der Waals surface area contributed by atoms with Crippen molar-refractivity contribution in [2.24, 2.45) is 0 Å². The van der Waals surface area contributed by atoms with E-state index in [1.54, 1.807) is 18.5 Å². The number of carbonyl (C=O) groups excluding carboxylic acids is 3. The standard InChI is InChI=1S/C25H23BrF2N4O7S/c1-12(33)36-11-21-23(37-13(2)34)22(32-10-20(30-31-32)15-4-5-18(27)19(28)6-15)24(38-14(3)35)25(39-21)40-17-7-16(26)8-29-9-17/h4-10,21-25H,11H2,1-3H3/t21?,22?,23-,24-,25+/m0/s1. The molecule has 2 unspecified atom stereocenters. The van der Waals surface area contributed by atoms with Crippen molar-refractivity contribution >= 4 is 45.6 Å². The van der Waals surface area contributed by atoms with Crippen molar-refractivity contribution in [1.29, 1.82) is 0 Å². The molecule has 1 saturated heterocycles. The summed E-state index contributed by atoms with van der Waals surface area (Å²) in [7, 11) is 0. The van der Waals surface area contributed by atoms with E-state index in [0.717, 1.165) is 12.1 Å². The number of ether oxygens (including phenoxy) is 4. The molecular weight excluding hydrogens is 618 g/mol. The highest BCUT2D eigenvalue weighted by Crippen LogP contribution is 2.41. The Morgan fingerprint density at radius 1 is 1.02 bits per heavy atom. The second-order valence-corrected chi connectivity index (χ2v) is 10.7. The first kappa shape index (κ1) is 29.6. The molecule has 3 aromatic rings. The molecule has 1 aromatic carbocycles. The fraction of sp³-hybridized carbons (Fsp3) is 0.360. The number of rotatable bonds is 8. The first-order valence-corrected chi connectivity index (χ1v) is 13.5. The van der Waals surface area contributed by atoms with E-state index >= 15 is 0 Å². The zero-order chi connectivity index (χ0) is 29.0. The summed E-state index contributed by atoms with van der Waals surface area (Å²) in [5.74, 6) is -4.03. The van der Waals surface area contributed by atoms with Crippen LogP contribution in [0.25, 0.3) is 11.3 Å². The Morgan fingerprint density at radius 2 is 1.75 bits per heavy atom. The van der Waals surface area contributed by atoms with Gasteiger partial charge in [0.1, 0.15) is 29.9 Å². The van der Waals surface area contributed by atoms with Crippen LogP contribution in [0.15, 0.2) is 52.2 Å². The maximum atomic E-state index is 13.9. The number of aromatic nitrogens is 4. The minimum atomic E-state index is -1.17. The molecule has 0 saturated carbocycles. The van der Waals surface area contributed by atoms with Crippen molar-refractivity contribution in [1.82, 2.24) is 20.0 Å². The van der Waals surface area contributed by atoms with Crippen molar-refractivity contribution in [3.8, 4) is 11.3 Å². The lowest BCUT2D eigenvalue weighted by molar-refractivity contribution is -0.212. The summed E-state index contributed by atoms with van der Waals surface area (Å²) in [6, 6.07) is 3.98. The van der Waals surface area contributed by atoms with Gasteiger partial charge in [-0.05, 0) is 40.2 Å². The minimum Gasteiger partial charge on any atom is -0.463 e. The Hall–Kier alpha value is -3.43. The third kappa shape index (κ3) is 7.20. The van der Waals surface area contributed by atoms with Crippen LogP contribution in [0.5, 0.6) is 0 Å². The van der Waals surface area contributed by atoms with Gasteiger partial charge in [0.25, 0.3) is 0 Å². The predicted molar refractivity (Wildman–Crippen MR) is 139 cm³/mol. The molecule has 1 aliphatic rings. The van der Waals surface area contributed by atoms with E-state index in [2.05, 4.69) is 31.2 Å². The molecule has 0 bridgehead atoms. The molecule has 15 heteroatoms. The number of hydrogen-bond donors (Lipinski definition) is 0. The van der Waals surface area contributed by atoms with E-state index in [1.807, 2.05) is 0 Å². The number of hydrogen-bond acceptors (Lipinski definition) is 11. The number of carbonyl (C=O) groups is 3. The van der Waals surface area contributed by atoms with Gasteiger partial charge in [0.15, 0.2) is 23.8 Å². The molecule has 1 fully saturated rings. The topological polar surface area (TPSA) is 132 Å². The van der Waals surface area contributed by atoms with Crippen molar-refractivity contribution < 1.29 is 42.1 Å². The molecule has 0 aliphatic carbocycles. The Balaban J connectivity index is 1.80. The number of thioether (sulfide) groups is 1. The number of esters is 3. The zero-order valence-electron chi connectivity index (χ0n) is 21.3. The Bertz CT molecular complexity index is 1410. The van der Waals surface area contributed by atoms with Crippen molar-refractivity contribution in [2.45, 2.75) is 55.5 Å². The third-order valence-corrected chi connectivity index (χ3v) is 7.18. The van der Waals surface area contributed by atoms with Gasteiger partial charge in [0.05, 0.1) is 6.20 Å². The summed E-state index contributed by atoms with van der Waals surface area (Å²) < 4.78 is 52.1. The van der Waals surface area contributed by atoms with Crippen LogP contribution in [0, 0.1) is 11.6 Å². The molecule has 0 N–H and O–H groups in total. The van der Waals surface area contributed by atoms with Crippen LogP contribution in [0.4, 0.5) is 8.78 Å². The van der Waals surface area contributed by atoms with Crippen LogP contribution in [0.2, 0.25) is 0 Å². The van der Waals surface area contributed by atoms with Crippen molar-refractivity contribution in [3.63, 3.8) is 0 Å². The highest BCUT2D eigenvalue weighted by molar-refractivity contribution is 9.10. The maximum Gasteiger partial charge on any atom is 0.303 e. The van der Waals surface area contributed by atoms with E-state index in [1.165, 1.54) is 49.5 Å². The number of benzene rings is 1. The number of nitrogens with zero attached hydrogens (tertiary/aromatic N) is 4. The van der Waals surface area contributed by atoms with Gasteiger partial charge < -0.3 is 18.9 Å². The summed E-state index contributed by atoms with van der Waals surface area (Å²) >= 11 is 4.53. The van der Waals surface area contributed by atoms with Crippen LogP contribution in [0.1, 0.15) is 26.8 Å². The van der Waals surface area contributed by atoms with E-state index in [0.29, 0.717) is 9.37 Å². The summed E-state index contributed by atoms with van der Waals surface area (Å²) in [6.07, 6.45) is 1.29. The minimum absolute atomic E-state index is 0.172. The predicted octanol–water partition coefficient (Wildman–Crippen LogP) is 3.87. The highest BCUT2D eigenvalue weighted by atomic mass is 79.9. The molecule has 0 spiro atoms. The molecule has 3 heterocycles. The average molecular weight is 641 g/mol. The lowest BCUT2D eigenvalue weighted by Crippen LogP contribution is -2.57. The van der Waals surface area contributed by atoms with Crippen molar-refractivity contribution in [2.75, 3.05) is 6.61 Å². The fourth-order valence-corrected chi connectivity index (χ4v) is 5.73. The zero-order valence-corrected chi connectivity index (χ0v) is 23.7. The van der Waals surface area contributed by atoms with Crippen LogP contribution in [-0.4, -0.2) is 68.2 Å². The quantitative estimate of drug-likeness (QED) is 0.262. The van der Waals surface area contributed by atoms with Gasteiger partial charge in [-0.2, -0.15) is 0 Å². The summed E-state index contributed by atoms with van der Waals surface area (Å²) in [5.41, 5.74) is -0.522. The first-order chi connectivity index (χ1) is 19.0. The van der Waals surface area contributed by atoms with Gasteiger partial charge in [-0.15, -0.1) is 5.10 Å². The van der Waals surface area contributed by atoms with Gasteiger partial charge in [0.2, 0.25) is 0 Å². The van der Waals surface area contributed by atoms with Gasteiger partial charge in [-0.1, -0.05) is 17.0 Å². The Kier molecular flexibility index (Phi) is 9.48. The largest absolute Gasteiger partial charge is 0.463 e. The molecule has 40 heavy (non-hydrogen) atoms. The smallest absolute Gasteiger partial charge is 0.303 e. The van der Waals surface area contributed by atoms with Gasteiger partial charge >= 0.3 is 17.9 Å². The first-order valence-electron chi connectivity index (χ1n) is 11.8. The Labute approximate surface area is 239 Å². The second kappa shape index (κ2) is 12.8.